The number of anilines is 2. The number of halogens is 1. The van der Waals surface area contributed by atoms with Crippen molar-refractivity contribution < 1.29 is 17.9 Å². The van der Waals surface area contributed by atoms with Gasteiger partial charge in [0.25, 0.3) is 10.0 Å². The van der Waals surface area contributed by atoms with E-state index < -0.39 is 10.0 Å². The minimum atomic E-state index is -3.75. The van der Waals surface area contributed by atoms with Crippen molar-refractivity contribution in [2.75, 3.05) is 24.3 Å². The highest BCUT2D eigenvalue weighted by Gasteiger charge is 2.39. The summed E-state index contributed by atoms with van der Waals surface area (Å²) in [5.41, 5.74) is 3.49. The normalized spacial score (nSPS) is 20.7. The first-order valence-electron chi connectivity index (χ1n) is 11.0. The third kappa shape index (κ3) is 4.16. The van der Waals surface area contributed by atoms with Crippen molar-refractivity contribution >= 4 is 37.3 Å². The Morgan fingerprint density at radius 3 is 2.50 bits per heavy atom. The Balaban J connectivity index is 1.48. The lowest BCUT2D eigenvalue weighted by atomic mass is 9.77. The molecule has 0 spiro atoms. The third-order valence-corrected chi connectivity index (χ3v) is 8.39. The van der Waals surface area contributed by atoms with E-state index >= 15 is 0 Å². The first kappa shape index (κ1) is 22.8. The molecule has 3 aromatic carbocycles. The Labute approximate surface area is 208 Å². The van der Waals surface area contributed by atoms with E-state index in [-0.39, 0.29) is 22.8 Å². The summed E-state index contributed by atoms with van der Waals surface area (Å²) < 4.78 is 40.7. The van der Waals surface area contributed by atoms with E-state index in [9.17, 15) is 8.42 Å². The van der Waals surface area contributed by atoms with Gasteiger partial charge in [0.2, 0.25) is 0 Å². The molecule has 1 heterocycles. The number of sulfonamides is 1. The maximum Gasteiger partial charge on any atom is 0.261 e. The van der Waals surface area contributed by atoms with E-state index in [1.807, 2.05) is 18.2 Å². The number of hydrogen-bond acceptors (Lipinski definition) is 5. The van der Waals surface area contributed by atoms with Crippen molar-refractivity contribution in [1.29, 1.82) is 0 Å². The smallest absolute Gasteiger partial charge is 0.261 e. The predicted molar refractivity (Wildman–Crippen MR) is 137 cm³/mol. The molecule has 1 aliphatic carbocycles. The summed E-state index contributed by atoms with van der Waals surface area (Å²) >= 11 is 3.58. The molecule has 0 saturated carbocycles. The van der Waals surface area contributed by atoms with Crippen LogP contribution in [0.4, 0.5) is 11.4 Å². The van der Waals surface area contributed by atoms with Crippen LogP contribution in [0, 0.1) is 5.92 Å². The molecule has 0 amide bonds. The maximum atomic E-state index is 13.1. The molecule has 0 aromatic heterocycles. The van der Waals surface area contributed by atoms with Crippen molar-refractivity contribution in [3.63, 3.8) is 0 Å². The highest BCUT2D eigenvalue weighted by molar-refractivity contribution is 9.10. The molecule has 1 aliphatic heterocycles. The lowest BCUT2D eigenvalue weighted by molar-refractivity contribution is 0.381. The number of ether oxygens (including phenoxy) is 2. The van der Waals surface area contributed by atoms with Crippen LogP contribution in [0.2, 0.25) is 0 Å². The Morgan fingerprint density at radius 2 is 1.76 bits per heavy atom. The van der Waals surface area contributed by atoms with Crippen LogP contribution in [0.1, 0.15) is 29.5 Å². The molecule has 2 aliphatic rings. The van der Waals surface area contributed by atoms with Crippen LogP contribution in [-0.2, 0) is 10.0 Å². The number of fused-ring (bicyclic) bond motifs is 3. The van der Waals surface area contributed by atoms with Gasteiger partial charge in [0.1, 0.15) is 11.5 Å². The van der Waals surface area contributed by atoms with Crippen molar-refractivity contribution in [3.05, 3.63) is 88.4 Å². The van der Waals surface area contributed by atoms with Gasteiger partial charge < -0.3 is 14.8 Å². The molecule has 34 heavy (non-hydrogen) atoms. The standard InChI is InChI=1S/C26H25BrN2O4S/c1-32-18-9-7-17(8-10-18)29-34(30,31)19-11-12-24-22(15-19)20-4-3-5-21(20)26(28-24)23-14-16(27)6-13-25(23)33-2/h3-4,6-15,20-21,26,28-29H,5H2,1-2H3/t20-,21+,26-/m0/s1. The van der Waals surface area contributed by atoms with Crippen LogP contribution < -0.4 is 19.5 Å². The van der Waals surface area contributed by atoms with Gasteiger partial charge >= 0.3 is 0 Å². The molecular weight excluding hydrogens is 516 g/mol. The SMILES string of the molecule is COc1ccc(NS(=O)(=O)c2ccc3c(c2)[C@H]2C=CC[C@H]2[C@@H](c2cc(Br)ccc2OC)N3)cc1. The van der Waals surface area contributed by atoms with Gasteiger partial charge in [0.05, 0.1) is 25.2 Å². The summed E-state index contributed by atoms with van der Waals surface area (Å²) in [6.07, 6.45) is 5.27. The zero-order valence-electron chi connectivity index (χ0n) is 18.8. The van der Waals surface area contributed by atoms with Gasteiger partial charge in [-0.05, 0) is 78.6 Å². The van der Waals surface area contributed by atoms with Crippen molar-refractivity contribution in [2.45, 2.75) is 23.3 Å². The third-order valence-electron chi connectivity index (χ3n) is 6.51. The molecule has 3 aromatic rings. The number of methoxy groups -OCH3 is 2. The molecule has 2 N–H and O–H groups in total. The Kier molecular flexibility index (Phi) is 6.04. The lowest BCUT2D eigenvalue weighted by Gasteiger charge is -2.38. The van der Waals surface area contributed by atoms with E-state index in [2.05, 4.69) is 44.2 Å². The fraction of sp³-hybridized carbons (Fsp3) is 0.231. The summed E-state index contributed by atoms with van der Waals surface area (Å²) in [7, 11) is -0.493. The molecule has 8 heteroatoms. The largest absolute Gasteiger partial charge is 0.497 e. The summed E-state index contributed by atoms with van der Waals surface area (Å²) in [6, 6.07) is 18.2. The van der Waals surface area contributed by atoms with Gasteiger partial charge in [-0.25, -0.2) is 8.42 Å². The van der Waals surface area contributed by atoms with Crippen LogP contribution in [-0.4, -0.2) is 22.6 Å². The molecular formula is C26H25BrN2O4S. The number of rotatable bonds is 6. The fourth-order valence-corrected chi connectivity index (χ4v) is 6.34. The fourth-order valence-electron chi connectivity index (χ4n) is 4.87. The van der Waals surface area contributed by atoms with Gasteiger partial charge in [-0.3, -0.25) is 4.72 Å². The molecule has 0 fully saturated rings. The Morgan fingerprint density at radius 1 is 0.971 bits per heavy atom. The van der Waals surface area contributed by atoms with E-state index in [1.54, 1.807) is 50.6 Å². The molecule has 3 atom stereocenters. The molecule has 0 bridgehead atoms. The van der Waals surface area contributed by atoms with Crippen molar-refractivity contribution in [3.8, 4) is 11.5 Å². The second-order valence-electron chi connectivity index (χ2n) is 8.44. The van der Waals surface area contributed by atoms with E-state index in [4.69, 9.17) is 9.47 Å². The zero-order valence-corrected chi connectivity index (χ0v) is 21.2. The van der Waals surface area contributed by atoms with Gasteiger partial charge in [0.15, 0.2) is 0 Å². The van der Waals surface area contributed by atoms with E-state index in [1.165, 1.54) is 0 Å². The predicted octanol–water partition coefficient (Wildman–Crippen LogP) is 6.09. The van der Waals surface area contributed by atoms with Gasteiger partial charge in [-0.15, -0.1) is 0 Å². The molecule has 5 rings (SSSR count). The number of nitrogens with one attached hydrogen (secondary N) is 2. The Hall–Kier alpha value is -2.97. The summed E-state index contributed by atoms with van der Waals surface area (Å²) in [5.74, 6) is 1.86. The van der Waals surface area contributed by atoms with Gasteiger partial charge in [0, 0.05) is 27.3 Å². The molecule has 0 radical (unpaired) electrons. The molecule has 176 valence electrons. The van der Waals surface area contributed by atoms with E-state index in [0.29, 0.717) is 11.4 Å². The zero-order chi connectivity index (χ0) is 23.9. The molecule has 0 unspecified atom stereocenters. The highest BCUT2D eigenvalue weighted by atomic mass is 79.9. The quantitative estimate of drug-likeness (QED) is 0.369. The highest BCUT2D eigenvalue weighted by Crippen LogP contribution is 2.51. The van der Waals surface area contributed by atoms with Gasteiger partial charge in [-0.1, -0.05) is 28.1 Å². The summed E-state index contributed by atoms with van der Waals surface area (Å²) in [5, 5.41) is 3.66. The average Bonchev–Trinajstić information content (AvgIpc) is 3.34. The molecule has 6 nitrogen and oxygen atoms in total. The average molecular weight is 541 g/mol. The second kappa shape index (κ2) is 9.00. The van der Waals surface area contributed by atoms with Crippen LogP contribution in [0.3, 0.4) is 0 Å². The topological polar surface area (TPSA) is 76.7 Å². The van der Waals surface area contributed by atoms with E-state index in [0.717, 1.165) is 33.5 Å². The van der Waals surface area contributed by atoms with Crippen LogP contribution in [0.15, 0.2) is 82.2 Å². The maximum absolute atomic E-state index is 13.1. The lowest BCUT2D eigenvalue weighted by Crippen LogP contribution is -2.29. The van der Waals surface area contributed by atoms with Crippen LogP contribution in [0.5, 0.6) is 11.5 Å². The Bertz CT molecular complexity index is 1360. The van der Waals surface area contributed by atoms with Crippen molar-refractivity contribution in [2.24, 2.45) is 5.92 Å². The van der Waals surface area contributed by atoms with Crippen LogP contribution >= 0.6 is 15.9 Å². The number of benzene rings is 3. The van der Waals surface area contributed by atoms with Crippen molar-refractivity contribution in [1.82, 2.24) is 0 Å². The first-order chi connectivity index (χ1) is 16.4. The summed E-state index contributed by atoms with van der Waals surface area (Å²) in [4.78, 5) is 0.237. The monoisotopic (exact) mass is 540 g/mol. The minimum Gasteiger partial charge on any atom is -0.497 e. The number of allylic oxidation sites excluding steroid dienone is 2. The number of hydrogen-bond donors (Lipinski definition) is 2. The van der Waals surface area contributed by atoms with Gasteiger partial charge in [-0.2, -0.15) is 0 Å². The first-order valence-corrected chi connectivity index (χ1v) is 13.2. The summed E-state index contributed by atoms with van der Waals surface area (Å²) in [6.45, 7) is 0. The minimum absolute atomic E-state index is 0.0415. The molecule has 0 saturated heterocycles. The van der Waals surface area contributed by atoms with Crippen LogP contribution in [0.25, 0.3) is 0 Å². The second-order valence-corrected chi connectivity index (χ2v) is 11.0.